The predicted molar refractivity (Wildman–Crippen MR) is 43.2 cm³/mol. The highest BCUT2D eigenvalue weighted by atomic mass is 32.1. The molecule has 70 valence electrons. The maximum Gasteiger partial charge on any atom is 0.303 e. The van der Waals surface area contributed by atoms with Gasteiger partial charge < -0.3 is 5.11 Å². The van der Waals surface area contributed by atoms with E-state index in [1.54, 1.807) is 0 Å². The maximum absolute atomic E-state index is 11.0. The number of nitrogens with one attached hydrogen (secondary N) is 1. The average molecular weight is 202 g/mol. The van der Waals surface area contributed by atoms with Crippen molar-refractivity contribution in [3.63, 3.8) is 0 Å². The lowest BCUT2D eigenvalue weighted by molar-refractivity contribution is -0.138. The third kappa shape index (κ3) is 3.56. The molecule has 0 aliphatic rings. The topological polar surface area (TPSA) is 105 Å². The van der Waals surface area contributed by atoms with E-state index in [0.29, 0.717) is 0 Å². The number of rotatable bonds is 4. The number of aliphatic carboxylic acids is 1. The molecule has 0 atom stereocenters. The quantitative estimate of drug-likeness (QED) is 0.696. The van der Waals surface area contributed by atoms with E-state index in [1.165, 1.54) is 0 Å². The van der Waals surface area contributed by atoms with E-state index in [9.17, 15) is 9.59 Å². The predicted octanol–water partition coefficient (Wildman–Crippen LogP) is -0.264. The average Bonchev–Trinajstić information content (AvgIpc) is 2.53. The van der Waals surface area contributed by atoms with Crippen molar-refractivity contribution < 1.29 is 14.7 Å². The van der Waals surface area contributed by atoms with Crippen molar-refractivity contribution in [2.75, 3.05) is 5.32 Å². The first-order valence-electron chi connectivity index (χ1n) is 3.35. The minimum absolute atomic E-state index is 0.0745. The molecule has 0 aliphatic carbocycles. The molecule has 0 aromatic carbocycles. The lowest BCUT2D eigenvalue weighted by atomic mass is 10.3. The summed E-state index contributed by atoms with van der Waals surface area (Å²) in [4.78, 5) is 21.0. The number of nitrogens with zero attached hydrogens (tertiary/aromatic N) is 3. The molecule has 0 radical (unpaired) electrons. The zero-order chi connectivity index (χ0) is 9.68. The Bertz CT molecular complexity index is 299. The number of anilines is 1. The number of hydrogen-bond acceptors (Lipinski definition) is 6. The first kappa shape index (κ1) is 9.52. The number of carbonyl (C=O) groups is 2. The van der Waals surface area contributed by atoms with Gasteiger partial charge in [-0.05, 0) is 5.21 Å². The third-order valence-corrected chi connectivity index (χ3v) is 1.62. The van der Waals surface area contributed by atoms with Crippen LogP contribution in [0.5, 0.6) is 0 Å². The molecule has 13 heavy (non-hydrogen) atoms. The SMILES string of the molecule is O=C(O)CCC(=O)Nc1nnns1. The van der Waals surface area contributed by atoms with E-state index >= 15 is 0 Å². The minimum atomic E-state index is -1.01. The summed E-state index contributed by atoms with van der Waals surface area (Å²) in [5.74, 6) is -1.41. The Morgan fingerprint density at radius 1 is 1.46 bits per heavy atom. The lowest BCUT2D eigenvalue weighted by Crippen LogP contribution is -2.12. The molecule has 1 amide bonds. The molecule has 1 aromatic heterocycles. The van der Waals surface area contributed by atoms with Crippen molar-refractivity contribution in [3.8, 4) is 0 Å². The van der Waals surface area contributed by atoms with E-state index in [-0.39, 0.29) is 18.0 Å². The Labute approximate surface area is 76.9 Å². The molecule has 0 unspecified atom stereocenters. The summed E-state index contributed by atoms with van der Waals surface area (Å²) in [6, 6.07) is 0. The van der Waals surface area contributed by atoms with Crippen LogP contribution in [0.1, 0.15) is 12.8 Å². The lowest BCUT2D eigenvalue weighted by Gasteiger charge is -1.96. The maximum atomic E-state index is 11.0. The fraction of sp³-hybridized carbons (Fsp3) is 0.400. The van der Waals surface area contributed by atoms with Crippen molar-refractivity contribution in [2.24, 2.45) is 0 Å². The molecule has 0 fully saturated rings. The van der Waals surface area contributed by atoms with Crippen LogP contribution >= 0.6 is 11.5 Å². The molecule has 8 heteroatoms. The van der Waals surface area contributed by atoms with Gasteiger partial charge in [0.05, 0.1) is 6.42 Å². The molecular weight excluding hydrogens is 196 g/mol. The van der Waals surface area contributed by atoms with E-state index in [2.05, 4.69) is 20.1 Å². The van der Waals surface area contributed by atoms with Crippen LogP contribution in [0.15, 0.2) is 0 Å². The van der Waals surface area contributed by atoms with Gasteiger partial charge in [0.2, 0.25) is 11.0 Å². The minimum Gasteiger partial charge on any atom is -0.481 e. The zero-order valence-electron chi connectivity index (χ0n) is 6.43. The molecule has 7 nitrogen and oxygen atoms in total. The normalized spacial score (nSPS) is 9.54. The van der Waals surface area contributed by atoms with Gasteiger partial charge in [-0.1, -0.05) is 9.59 Å². The van der Waals surface area contributed by atoms with Gasteiger partial charge in [0, 0.05) is 18.0 Å². The van der Waals surface area contributed by atoms with Gasteiger partial charge in [0.15, 0.2) is 0 Å². The van der Waals surface area contributed by atoms with Crippen molar-refractivity contribution >= 4 is 28.5 Å². The molecule has 0 saturated heterocycles. The summed E-state index contributed by atoms with van der Waals surface area (Å²) in [5.41, 5.74) is 0. The molecule has 0 bridgehead atoms. The third-order valence-electron chi connectivity index (χ3n) is 1.11. The number of hydrogen-bond donors (Lipinski definition) is 2. The van der Waals surface area contributed by atoms with E-state index < -0.39 is 11.9 Å². The first-order valence-corrected chi connectivity index (χ1v) is 4.12. The fourth-order valence-corrected chi connectivity index (χ4v) is 0.967. The number of carbonyl (C=O) groups excluding carboxylic acids is 1. The molecule has 0 spiro atoms. The first-order chi connectivity index (χ1) is 6.18. The van der Waals surface area contributed by atoms with Gasteiger partial charge in [-0.3, -0.25) is 14.9 Å². The van der Waals surface area contributed by atoms with Crippen LogP contribution in [-0.2, 0) is 9.59 Å². The summed E-state index contributed by atoms with van der Waals surface area (Å²) < 4.78 is 3.42. The van der Waals surface area contributed by atoms with Crippen molar-refractivity contribution in [3.05, 3.63) is 0 Å². The molecule has 2 N–H and O–H groups in total. The Balaban J connectivity index is 2.30. The summed E-state index contributed by atoms with van der Waals surface area (Å²) in [6.45, 7) is 0. The van der Waals surface area contributed by atoms with E-state index in [4.69, 9.17) is 5.11 Å². The number of carboxylic acid groups (broad SMARTS) is 1. The van der Waals surface area contributed by atoms with Gasteiger partial charge in [0.25, 0.3) is 0 Å². The van der Waals surface area contributed by atoms with E-state index in [0.717, 1.165) is 11.5 Å². The second kappa shape index (κ2) is 4.45. The largest absolute Gasteiger partial charge is 0.481 e. The Morgan fingerprint density at radius 2 is 2.23 bits per heavy atom. The second-order valence-corrected chi connectivity index (χ2v) is 2.84. The van der Waals surface area contributed by atoms with Crippen LogP contribution in [0.4, 0.5) is 5.13 Å². The highest BCUT2D eigenvalue weighted by Gasteiger charge is 2.07. The molecular formula is C5H6N4O3S. The fourth-order valence-electron chi connectivity index (χ4n) is 0.584. The van der Waals surface area contributed by atoms with Gasteiger partial charge in [-0.25, -0.2) is 0 Å². The Hall–Kier alpha value is -1.57. The number of carboxylic acids is 1. The van der Waals surface area contributed by atoms with Crippen LogP contribution < -0.4 is 5.32 Å². The zero-order valence-corrected chi connectivity index (χ0v) is 7.24. The van der Waals surface area contributed by atoms with Gasteiger partial charge in [-0.2, -0.15) is 0 Å². The van der Waals surface area contributed by atoms with Crippen molar-refractivity contribution in [1.82, 2.24) is 14.8 Å². The van der Waals surface area contributed by atoms with Gasteiger partial charge in [0.1, 0.15) is 0 Å². The second-order valence-electron chi connectivity index (χ2n) is 2.11. The van der Waals surface area contributed by atoms with Crippen LogP contribution in [-0.4, -0.2) is 31.8 Å². The summed E-state index contributed by atoms with van der Waals surface area (Å²) in [5, 5.41) is 17.6. The van der Waals surface area contributed by atoms with E-state index in [1.807, 2.05) is 0 Å². The summed E-state index contributed by atoms with van der Waals surface area (Å²) in [7, 11) is 0. The number of aromatic nitrogens is 3. The molecule has 1 heterocycles. The highest BCUT2D eigenvalue weighted by molar-refractivity contribution is 7.09. The van der Waals surface area contributed by atoms with Crippen LogP contribution in [0.25, 0.3) is 0 Å². The highest BCUT2D eigenvalue weighted by Crippen LogP contribution is 2.05. The Kier molecular flexibility index (Phi) is 3.26. The molecule has 0 aliphatic heterocycles. The van der Waals surface area contributed by atoms with Crippen LogP contribution in [0.2, 0.25) is 0 Å². The van der Waals surface area contributed by atoms with Crippen molar-refractivity contribution in [2.45, 2.75) is 12.8 Å². The summed E-state index contributed by atoms with van der Waals surface area (Å²) in [6.07, 6.45) is -0.271. The monoisotopic (exact) mass is 202 g/mol. The summed E-state index contributed by atoms with van der Waals surface area (Å²) >= 11 is 0.934. The van der Waals surface area contributed by atoms with Crippen LogP contribution in [0.3, 0.4) is 0 Å². The Morgan fingerprint density at radius 3 is 2.77 bits per heavy atom. The standard InChI is InChI=1S/C5H6N4O3S/c10-3(1-2-4(11)12)6-5-7-8-9-13-5/h1-2H2,(H,11,12)(H,6,7,9,10). The molecule has 1 aromatic rings. The number of amides is 1. The van der Waals surface area contributed by atoms with Gasteiger partial charge >= 0.3 is 5.97 Å². The molecule has 1 rings (SSSR count). The van der Waals surface area contributed by atoms with Crippen LogP contribution in [0, 0.1) is 0 Å². The smallest absolute Gasteiger partial charge is 0.303 e. The van der Waals surface area contributed by atoms with Gasteiger partial charge in [-0.15, -0.1) is 0 Å². The van der Waals surface area contributed by atoms with Crippen molar-refractivity contribution in [1.29, 1.82) is 0 Å². The molecule has 0 saturated carbocycles.